The van der Waals surface area contributed by atoms with Crippen molar-refractivity contribution in [1.29, 1.82) is 0 Å². The lowest BCUT2D eigenvalue weighted by Crippen LogP contribution is -2.29. The molecule has 3 aromatic carbocycles. The highest BCUT2D eigenvalue weighted by atomic mass is 16.3. The van der Waals surface area contributed by atoms with Gasteiger partial charge in [-0.15, -0.1) is 0 Å². The van der Waals surface area contributed by atoms with Crippen LogP contribution in [0.25, 0.3) is 11.0 Å². The number of benzene rings is 3. The number of aryl methyl sites for hydroxylation is 1. The number of amides is 1. The summed E-state index contributed by atoms with van der Waals surface area (Å²) in [6.07, 6.45) is 0. The Morgan fingerprint density at radius 2 is 1.50 bits per heavy atom. The normalized spacial score (nSPS) is 15.9. The minimum Gasteiger partial charge on any atom is -0.450 e. The first-order valence-electron chi connectivity index (χ1n) is 10.8. The minimum absolute atomic E-state index is 0.00774. The third kappa shape index (κ3) is 3.14. The minimum atomic E-state index is -0.546. The van der Waals surface area contributed by atoms with Crippen molar-refractivity contribution >= 4 is 22.6 Å². The van der Waals surface area contributed by atoms with Gasteiger partial charge in [0, 0.05) is 5.69 Å². The average Bonchev–Trinajstić information content (AvgIpc) is 3.07. The van der Waals surface area contributed by atoms with Gasteiger partial charge in [-0.05, 0) is 47.7 Å². The highest BCUT2D eigenvalue weighted by Gasteiger charge is 2.43. The van der Waals surface area contributed by atoms with E-state index in [0.29, 0.717) is 16.5 Å². The van der Waals surface area contributed by atoms with Crippen LogP contribution in [0.4, 0.5) is 5.69 Å². The molecule has 0 saturated heterocycles. The summed E-state index contributed by atoms with van der Waals surface area (Å²) < 4.78 is 6.01. The van der Waals surface area contributed by atoms with Gasteiger partial charge >= 0.3 is 0 Å². The molecular weight excluding hydrogens is 398 g/mol. The molecule has 1 atom stereocenters. The molecule has 1 aliphatic heterocycles. The Bertz CT molecular complexity index is 1390. The largest absolute Gasteiger partial charge is 0.450 e. The molecule has 4 heteroatoms. The van der Waals surface area contributed by atoms with Crippen LogP contribution in [0.2, 0.25) is 0 Å². The zero-order valence-corrected chi connectivity index (χ0v) is 18.7. The van der Waals surface area contributed by atoms with E-state index in [0.717, 1.165) is 16.8 Å². The van der Waals surface area contributed by atoms with Gasteiger partial charge in [0.2, 0.25) is 5.76 Å². The molecule has 0 saturated carbocycles. The van der Waals surface area contributed by atoms with Crippen LogP contribution in [0.1, 0.15) is 59.6 Å². The van der Waals surface area contributed by atoms with Gasteiger partial charge in [0.1, 0.15) is 5.58 Å². The van der Waals surface area contributed by atoms with E-state index in [2.05, 4.69) is 32.9 Å². The molecule has 4 nitrogen and oxygen atoms in total. The summed E-state index contributed by atoms with van der Waals surface area (Å²) >= 11 is 0. The molecular formula is C28H25NO3. The van der Waals surface area contributed by atoms with E-state index in [4.69, 9.17) is 4.42 Å². The standard InChI is InChI=1S/C28H25NO3/c1-17-9-15-20(16-10-17)29-24(18-11-13-19(14-12-18)28(2,3)4)23-25(30)21-7-5-6-8-22(21)32-26(23)27(29)31/h5-16,24H,1-4H3. The Hall–Kier alpha value is -3.66. The molecule has 0 fully saturated rings. The molecule has 32 heavy (non-hydrogen) atoms. The summed E-state index contributed by atoms with van der Waals surface area (Å²) in [5.74, 6) is -0.171. The third-order valence-electron chi connectivity index (χ3n) is 6.18. The first-order chi connectivity index (χ1) is 15.3. The Kier molecular flexibility index (Phi) is 4.55. The summed E-state index contributed by atoms with van der Waals surface area (Å²) in [6, 6.07) is 22.5. The van der Waals surface area contributed by atoms with Crippen LogP contribution in [-0.2, 0) is 5.41 Å². The molecule has 4 aromatic rings. The van der Waals surface area contributed by atoms with Crippen LogP contribution >= 0.6 is 0 Å². The maximum absolute atomic E-state index is 13.6. The first kappa shape index (κ1) is 20.3. The van der Waals surface area contributed by atoms with E-state index in [9.17, 15) is 9.59 Å². The quantitative estimate of drug-likeness (QED) is 0.389. The highest BCUT2D eigenvalue weighted by molar-refractivity contribution is 6.10. The number of carbonyl (C=O) groups is 1. The van der Waals surface area contributed by atoms with Crippen LogP contribution in [0.3, 0.4) is 0 Å². The van der Waals surface area contributed by atoms with Crippen molar-refractivity contribution in [1.82, 2.24) is 0 Å². The van der Waals surface area contributed by atoms with Gasteiger partial charge in [-0.1, -0.05) is 74.9 Å². The van der Waals surface area contributed by atoms with Gasteiger partial charge in [0.25, 0.3) is 5.91 Å². The van der Waals surface area contributed by atoms with Crippen LogP contribution in [-0.4, -0.2) is 5.91 Å². The first-order valence-corrected chi connectivity index (χ1v) is 10.8. The average molecular weight is 424 g/mol. The van der Waals surface area contributed by atoms with Crippen molar-refractivity contribution in [2.24, 2.45) is 0 Å². The third-order valence-corrected chi connectivity index (χ3v) is 6.18. The fraction of sp³-hybridized carbons (Fsp3) is 0.214. The van der Waals surface area contributed by atoms with Gasteiger partial charge in [0.05, 0.1) is 17.0 Å². The molecule has 0 N–H and O–H groups in total. The lowest BCUT2D eigenvalue weighted by atomic mass is 9.86. The van der Waals surface area contributed by atoms with Gasteiger partial charge in [-0.25, -0.2) is 0 Å². The molecule has 2 heterocycles. The van der Waals surface area contributed by atoms with Crippen LogP contribution < -0.4 is 10.3 Å². The van der Waals surface area contributed by atoms with Crippen LogP contribution in [0.5, 0.6) is 0 Å². The smallest absolute Gasteiger partial charge is 0.295 e. The number of nitrogens with zero attached hydrogens (tertiary/aromatic N) is 1. The molecule has 5 rings (SSSR count). The predicted octanol–water partition coefficient (Wildman–Crippen LogP) is 6.15. The van der Waals surface area contributed by atoms with Gasteiger partial charge in [-0.3, -0.25) is 14.5 Å². The molecule has 0 spiro atoms. The zero-order valence-electron chi connectivity index (χ0n) is 18.7. The lowest BCUT2D eigenvalue weighted by molar-refractivity contribution is 0.0971. The van der Waals surface area contributed by atoms with Crippen molar-refractivity contribution in [2.75, 3.05) is 4.90 Å². The Balaban J connectivity index is 1.76. The number of fused-ring (bicyclic) bond motifs is 2. The van der Waals surface area contributed by atoms with Crippen LogP contribution in [0, 0.1) is 6.92 Å². The lowest BCUT2D eigenvalue weighted by Gasteiger charge is -2.26. The summed E-state index contributed by atoms with van der Waals surface area (Å²) in [6.45, 7) is 8.49. The van der Waals surface area contributed by atoms with Crippen molar-refractivity contribution in [3.63, 3.8) is 0 Å². The van der Waals surface area contributed by atoms with Crippen LogP contribution in [0.15, 0.2) is 82.0 Å². The molecule has 0 bridgehead atoms. The van der Waals surface area contributed by atoms with Crippen molar-refractivity contribution in [3.8, 4) is 0 Å². The van der Waals surface area contributed by atoms with Crippen molar-refractivity contribution in [2.45, 2.75) is 39.2 Å². The predicted molar refractivity (Wildman–Crippen MR) is 127 cm³/mol. The SMILES string of the molecule is Cc1ccc(N2C(=O)c3oc4ccccc4c(=O)c3C2c2ccc(C(C)(C)C)cc2)cc1. The Morgan fingerprint density at radius 1 is 0.844 bits per heavy atom. The molecule has 160 valence electrons. The molecule has 1 aromatic heterocycles. The van der Waals surface area contributed by atoms with Crippen molar-refractivity contribution in [3.05, 3.63) is 111 Å². The summed E-state index contributed by atoms with van der Waals surface area (Å²) in [5, 5.41) is 0.487. The van der Waals surface area contributed by atoms with E-state index in [1.165, 1.54) is 5.56 Å². The fourth-order valence-electron chi connectivity index (χ4n) is 4.37. The second-order valence-electron chi connectivity index (χ2n) is 9.46. The Morgan fingerprint density at radius 3 is 2.16 bits per heavy atom. The molecule has 0 aliphatic carbocycles. The van der Waals surface area contributed by atoms with Crippen molar-refractivity contribution < 1.29 is 9.21 Å². The van der Waals surface area contributed by atoms with E-state index in [1.807, 2.05) is 49.4 Å². The number of carbonyl (C=O) groups excluding carboxylic acids is 1. The number of hydrogen-bond acceptors (Lipinski definition) is 3. The second kappa shape index (κ2) is 7.20. The summed E-state index contributed by atoms with van der Waals surface area (Å²) in [7, 11) is 0. The zero-order chi connectivity index (χ0) is 22.6. The fourth-order valence-corrected chi connectivity index (χ4v) is 4.37. The molecule has 0 radical (unpaired) electrons. The van der Waals surface area contributed by atoms with Gasteiger partial charge in [-0.2, -0.15) is 0 Å². The summed E-state index contributed by atoms with van der Waals surface area (Å²) in [5.41, 5.74) is 4.59. The summed E-state index contributed by atoms with van der Waals surface area (Å²) in [4.78, 5) is 28.8. The molecule has 1 amide bonds. The second-order valence-corrected chi connectivity index (χ2v) is 9.46. The van der Waals surface area contributed by atoms with E-state index < -0.39 is 6.04 Å². The number of para-hydroxylation sites is 1. The number of rotatable bonds is 2. The maximum Gasteiger partial charge on any atom is 0.295 e. The van der Waals surface area contributed by atoms with E-state index in [-0.39, 0.29) is 22.5 Å². The highest BCUT2D eigenvalue weighted by Crippen LogP contribution is 2.41. The molecule has 1 aliphatic rings. The van der Waals surface area contributed by atoms with Gasteiger partial charge in [0.15, 0.2) is 5.43 Å². The number of hydrogen-bond donors (Lipinski definition) is 0. The van der Waals surface area contributed by atoms with Gasteiger partial charge < -0.3 is 4.42 Å². The van der Waals surface area contributed by atoms with E-state index >= 15 is 0 Å². The molecule has 1 unspecified atom stereocenters. The topological polar surface area (TPSA) is 50.5 Å². The maximum atomic E-state index is 13.6. The monoisotopic (exact) mass is 423 g/mol. The number of anilines is 1. The van der Waals surface area contributed by atoms with E-state index in [1.54, 1.807) is 23.1 Å². The Labute approximate surface area is 187 Å².